The van der Waals surface area contributed by atoms with Gasteiger partial charge in [0.15, 0.2) is 0 Å². The highest BCUT2D eigenvalue weighted by Gasteiger charge is 2.41. The molecule has 0 aliphatic rings. The molecule has 0 fully saturated rings. The van der Waals surface area contributed by atoms with Gasteiger partial charge in [0.2, 0.25) is 0 Å². The second-order valence-corrected chi connectivity index (χ2v) is 4.20. The van der Waals surface area contributed by atoms with Crippen molar-refractivity contribution in [1.29, 1.82) is 5.26 Å². The number of rotatable bonds is 6. The van der Waals surface area contributed by atoms with Crippen LogP contribution in [0.2, 0.25) is 0 Å². The second kappa shape index (κ2) is 6.73. The zero-order chi connectivity index (χ0) is 17.8. The molecule has 0 aromatic heterocycles. The molecule has 11 heteroatoms. The van der Waals surface area contributed by atoms with Crippen LogP contribution < -0.4 is 4.90 Å². The summed E-state index contributed by atoms with van der Waals surface area (Å²) in [5.41, 5.74) is -4.64. The Hall–Kier alpha value is -3.16. The van der Waals surface area contributed by atoms with Gasteiger partial charge >= 0.3 is 6.18 Å². The summed E-state index contributed by atoms with van der Waals surface area (Å²) in [6.07, 6.45) is -3.93. The molecular formula is C12H9F3N4O4. The van der Waals surface area contributed by atoms with Gasteiger partial charge in [-0.3, -0.25) is 20.2 Å². The van der Waals surface area contributed by atoms with Crippen LogP contribution in [-0.4, -0.2) is 22.9 Å². The van der Waals surface area contributed by atoms with Gasteiger partial charge < -0.3 is 4.90 Å². The van der Waals surface area contributed by atoms with E-state index in [4.69, 9.17) is 5.26 Å². The summed E-state index contributed by atoms with van der Waals surface area (Å²) >= 11 is 0. The first-order valence-electron chi connectivity index (χ1n) is 5.90. The predicted molar refractivity (Wildman–Crippen MR) is 72.8 cm³/mol. The lowest BCUT2D eigenvalue weighted by Gasteiger charge is -2.23. The van der Waals surface area contributed by atoms with E-state index in [2.05, 4.69) is 6.58 Å². The standard InChI is InChI=1S/C12H9F3N4O4/c1-2-4-17(5-3-16)11-9(12(13,14)15)6-8(18(20)21)7-10(11)19(22)23/h2,6-7H,1,4-5H2. The summed E-state index contributed by atoms with van der Waals surface area (Å²) in [6.45, 7) is 2.44. The van der Waals surface area contributed by atoms with Crippen LogP contribution in [0.25, 0.3) is 0 Å². The van der Waals surface area contributed by atoms with Gasteiger partial charge in [-0.1, -0.05) is 6.08 Å². The summed E-state index contributed by atoms with van der Waals surface area (Å²) in [7, 11) is 0. The number of anilines is 1. The predicted octanol–water partition coefficient (Wildman–Crippen LogP) is 3.04. The van der Waals surface area contributed by atoms with E-state index in [0.717, 1.165) is 11.0 Å². The molecule has 0 saturated heterocycles. The van der Waals surface area contributed by atoms with Crippen LogP contribution in [0.5, 0.6) is 0 Å². The fraction of sp³-hybridized carbons (Fsp3) is 0.250. The molecule has 0 atom stereocenters. The van der Waals surface area contributed by atoms with E-state index in [9.17, 15) is 33.4 Å². The Labute approximate surface area is 127 Å². The average Bonchev–Trinajstić information content (AvgIpc) is 2.44. The highest BCUT2D eigenvalue weighted by atomic mass is 19.4. The molecule has 0 saturated carbocycles. The van der Waals surface area contributed by atoms with Gasteiger partial charge in [0.1, 0.15) is 12.2 Å². The van der Waals surface area contributed by atoms with Gasteiger partial charge in [0.25, 0.3) is 11.4 Å². The number of nitro benzene ring substituents is 2. The molecular weight excluding hydrogens is 321 g/mol. The lowest BCUT2D eigenvalue weighted by atomic mass is 10.1. The van der Waals surface area contributed by atoms with Crippen LogP contribution in [0.15, 0.2) is 24.8 Å². The van der Waals surface area contributed by atoms with Gasteiger partial charge in [-0.2, -0.15) is 18.4 Å². The first kappa shape index (κ1) is 17.9. The van der Waals surface area contributed by atoms with E-state index in [1.165, 1.54) is 0 Å². The number of alkyl halides is 3. The summed E-state index contributed by atoms with van der Waals surface area (Å²) < 4.78 is 39.6. The lowest BCUT2D eigenvalue weighted by molar-refractivity contribution is -0.394. The van der Waals surface area contributed by atoms with Crippen LogP contribution in [0.1, 0.15) is 5.56 Å². The minimum absolute atomic E-state index is 0.204. The molecule has 1 aromatic carbocycles. The maximum Gasteiger partial charge on any atom is 0.418 e. The highest BCUT2D eigenvalue weighted by molar-refractivity contribution is 5.73. The summed E-state index contributed by atoms with van der Waals surface area (Å²) in [6, 6.07) is 2.22. The van der Waals surface area contributed by atoms with E-state index < -0.39 is 45.2 Å². The van der Waals surface area contributed by atoms with Gasteiger partial charge in [0, 0.05) is 12.6 Å². The molecule has 0 heterocycles. The van der Waals surface area contributed by atoms with Crippen molar-refractivity contribution in [1.82, 2.24) is 0 Å². The maximum absolute atomic E-state index is 13.2. The second-order valence-electron chi connectivity index (χ2n) is 4.20. The topological polar surface area (TPSA) is 113 Å². The van der Waals surface area contributed by atoms with Crippen LogP contribution in [0.3, 0.4) is 0 Å². The minimum Gasteiger partial charge on any atom is -0.348 e. The first-order chi connectivity index (χ1) is 10.6. The number of benzene rings is 1. The third-order valence-corrected chi connectivity index (χ3v) is 2.71. The van der Waals surface area contributed by atoms with Crippen molar-refractivity contribution in [2.45, 2.75) is 6.18 Å². The fourth-order valence-corrected chi connectivity index (χ4v) is 1.87. The van der Waals surface area contributed by atoms with Crippen molar-refractivity contribution in [2.24, 2.45) is 0 Å². The molecule has 0 spiro atoms. The number of hydrogen-bond acceptors (Lipinski definition) is 6. The summed E-state index contributed by atoms with van der Waals surface area (Å²) in [5, 5.41) is 30.5. The molecule has 0 amide bonds. The van der Waals surface area contributed by atoms with Gasteiger partial charge in [-0.15, -0.1) is 6.58 Å². The summed E-state index contributed by atoms with van der Waals surface area (Å²) in [4.78, 5) is 20.2. The van der Waals surface area contributed by atoms with Crippen molar-refractivity contribution in [2.75, 3.05) is 18.0 Å². The number of nitriles is 1. The lowest BCUT2D eigenvalue weighted by Crippen LogP contribution is -2.27. The Bertz CT molecular complexity index is 697. The number of nitrogens with zero attached hydrogens (tertiary/aromatic N) is 4. The van der Waals surface area contributed by atoms with E-state index >= 15 is 0 Å². The molecule has 122 valence electrons. The Morgan fingerprint density at radius 3 is 2.30 bits per heavy atom. The Balaban J connectivity index is 3.82. The third-order valence-electron chi connectivity index (χ3n) is 2.71. The summed E-state index contributed by atoms with van der Waals surface area (Å²) in [5.74, 6) is 0. The number of nitro groups is 2. The zero-order valence-electron chi connectivity index (χ0n) is 11.4. The van der Waals surface area contributed by atoms with E-state index in [0.29, 0.717) is 6.07 Å². The number of non-ortho nitro benzene ring substituents is 1. The van der Waals surface area contributed by atoms with Crippen molar-refractivity contribution < 1.29 is 23.0 Å². The van der Waals surface area contributed by atoms with Crippen LogP contribution in [0.4, 0.5) is 30.2 Å². The Kier molecular flexibility index (Phi) is 5.24. The monoisotopic (exact) mass is 330 g/mol. The molecule has 1 rings (SSSR count). The SMILES string of the molecule is C=CCN(CC#N)c1c([N+](=O)[O-])cc([N+](=O)[O-])cc1C(F)(F)F. The smallest absolute Gasteiger partial charge is 0.348 e. The van der Waals surface area contributed by atoms with Crippen LogP contribution in [-0.2, 0) is 6.18 Å². The molecule has 0 unspecified atom stereocenters. The van der Waals surface area contributed by atoms with Crippen molar-refractivity contribution in [3.05, 3.63) is 50.6 Å². The van der Waals surface area contributed by atoms with E-state index in [1.807, 2.05) is 0 Å². The Morgan fingerprint density at radius 2 is 1.91 bits per heavy atom. The molecule has 0 radical (unpaired) electrons. The van der Waals surface area contributed by atoms with E-state index in [1.54, 1.807) is 6.07 Å². The molecule has 0 aliphatic carbocycles. The Morgan fingerprint density at radius 1 is 1.30 bits per heavy atom. The normalized spacial score (nSPS) is 10.7. The van der Waals surface area contributed by atoms with Crippen molar-refractivity contribution in [3.8, 4) is 6.07 Å². The van der Waals surface area contributed by atoms with Gasteiger partial charge in [-0.25, -0.2) is 0 Å². The van der Waals surface area contributed by atoms with Crippen LogP contribution >= 0.6 is 0 Å². The molecule has 23 heavy (non-hydrogen) atoms. The zero-order valence-corrected chi connectivity index (χ0v) is 11.4. The maximum atomic E-state index is 13.2. The van der Waals surface area contributed by atoms with Crippen molar-refractivity contribution >= 4 is 17.1 Å². The first-order valence-corrected chi connectivity index (χ1v) is 5.90. The van der Waals surface area contributed by atoms with Gasteiger partial charge in [0.05, 0.1) is 27.5 Å². The molecule has 0 aliphatic heterocycles. The highest BCUT2D eigenvalue weighted by Crippen LogP contribution is 2.44. The van der Waals surface area contributed by atoms with Crippen molar-refractivity contribution in [3.63, 3.8) is 0 Å². The molecule has 1 aromatic rings. The fourth-order valence-electron chi connectivity index (χ4n) is 1.87. The minimum atomic E-state index is -5.08. The molecule has 8 nitrogen and oxygen atoms in total. The van der Waals surface area contributed by atoms with Gasteiger partial charge in [-0.05, 0) is 0 Å². The molecule has 0 N–H and O–H groups in total. The number of hydrogen-bond donors (Lipinski definition) is 0. The largest absolute Gasteiger partial charge is 0.418 e. The molecule has 0 bridgehead atoms. The van der Waals surface area contributed by atoms with E-state index in [-0.39, 0.29) is 12.6 Å². The number of halogens is 3. The van der Waals surface area contributed by atoms with Crippen LogP contribution in [0, 0.1) is 31.6 Å². The quantitative estimate of drug-likeness (QED) is 0.343. The third kappa shape index (κ3) is 3.94. The average molecular weight is 330 g/mol.